The van der Waals surface area contributed by atoms with Crippen LogP contribution in [0.5, 0.6) is 0 Å². The lowest BCUT2D eigenvalue weighted by atomic mass is 10.0. The highest BCUT2D eigenvalue weighted by Crippen LogP contribution is 2.08. The zero-order valence-electron chi connectivity index (χ0n) is 10.8. The number of nitrogens with one attached hydrogen (secondary N) is 1. The minimum Gasteiger partial charge on any atom is -0.477 e. The molecule has 0 saturated heterocycles. The van der Waals surface area contributed by atoms with Crippen LogP contribution in [-0.4, -0.2) is 22.9 Å². The van der Waals surface area contributed by atoms with Gasteiger partial charge in [-0.3, -0.25) is 4.79 Å². The SMILES string of the molecule is C=C(C)C(C)C(=O)N/C(=C/CCCCCl)C(=O)O. The van der Waals surface area contributed by atoms with Crippen molar-refractivity contribution in [2.24, 2.45) is 5.92 Å². The second kappa shape index (κ2) is 8.75. The maximum atomic E-state index is 11.7. The molecule has 0 rings (SSSR count). The maximum Gasteiger partial charge on any atom is 0.352 e. The minimum atomic E-state index is -1.14. The number of carboxylic acid groups (broad SMARTS) is 1. The van der Waals surface area contributed by atoms with Crippen LogP contribution in [0.25, 0.3) is 0 Å². The van der Waals surface area contributed by atoms with Crippen LogP contribution in [-0.2, 0) is 9.59 Å². The van der Waals surface area contributed by atoms with Crippen molar-refractivity contribution in [3.63, 3.8) is 0 Å². The lowest BCUT2D eigenvalue weighted by Crippen LogP contribution is -2.32. The summed E-state index contributed by atoms with van der Waals surface area (Å²) in [4.78, 5) is 22.7. The second-order valence-electron chi connectivity index (χ2n) is 4.17. The summed E-state index contributed by atoms with van der Waals surface area (Å²) in [6, 6.07) is 0. The smallest absolute Gasteiger partial charge is 0.352 e. The van der Waals surface area contributed by atoms with Crippen LogP contribution in [0.3, 0.4) is 0 Å². The topological polar surface area (TPSA) is 66.4 Å². The van der Waals surface area contributed by atoms with E-state index in [9.17, 15) is 9.59 Å². The lowest BCUT2D eigenvalue weighted by Gasteiger charge is -2.12. The van der Waals surface area contributed by atoms with E-state index in [4.69, 9.17) is 16.7 Å². The van der Waals surface area contributed by atoms with Gasteiger partial charge < -0.3 is 10.4 Å². The van der Waals surface area contributed by atoms with Gasteiger partial charge in [0.15, 0.2) is 0 Å². The van der Waals surface area contributed by atoms with Gasteiger partial charge in [-0.05, 0) is 33.1 Å². The van der Waals surface area contributed by atoms with E-state index < -0.39 is 11.9 Å². The van der Waals surface area contributed by atoms with E-state index in [1.165, 1.54) is 6.08 Å². The third kappa shape index (κ3) is 6.45. The summed E-state index contributed by atoms with van der Waals surface area (Å²) >= 11 is 5.52. The van der Waals surface area contributed by atoms with Gasteiger partial charge in [0, 0.05) is 5.88 Å². The summed E-state index contributed by atoms with van der Waals surface area (Å²) in [6.45, 7) is 7.09. The third-order valence-electron chi connectivity index (χ3n) is 2.56. The summed E-state index contributed by atoms with van der Waals surface area (Å²) in [5.74, 6) is -1.35. The van der Waals surface area contributed by atoms with E-state index in [1.54, 1.807) is 13.8 Å². The molecule has 0 radical (unpaired) electrons. The fourth-order valence-corrected chi connectivity index (χ4v) is 1.33. The summed E-state index contributed by atoms with van der Waals surface area (Å²) < 4.78 is 0. The van der Waals surface area contributed by atoms with E-state index in [0.29, 0.717) is 17.9 Å². The third-order valence-corrected chi connectivity index (χ3v) is 2.82. The number of hydrogen-bond acceptors (Lipinski definition) is 2. The number of halogens is 1. The first-order chi connectivity index (χ1) is 8.40. The predicted octanol–water partition coefficient (Wildman–Crippen LogP) is 2.69. The summed E-state index contributed by atoms with van der Waals surface area (Å²) in [7, 11) is 0. The molecule has 0 saturated carbocycles. The Balaban J connectivity index is 4.49. The normalized spacial score (nSPS) is 12.9. The van der Waals surface area contributed by atoms with Crippen molar-refractivity contribution in [2.75, 3.05) is 5.88 Å². The van der Waals surface area contributed by atoms with Crippen LogP contribution >= 0.6 is 11.6 Å². The van der Waals surface area contributed by atoms with Gasteiger partial charge in [0.1, 0.15) is 5.70 Å². The average Bonchev–Trinajstić information content (AvgIpc) is 2.31. The van der Waals surface area contributed by atoms with Gasteiger partial charge in [-0.15, -0.1) is 11.6 Å². The van der Waals surface area contributed by atoms with E-state index in [1.807, 2.05) is 0 Å². The highest BCUT2D eigenvalue weighted by atomic mass is 35.5. The molecule has 0 bridgehead atoms. The number of rotatable bonds is 8. The predicted molar refractivity (Wildman–Crippen MR) is 72.4 cm³/mol. The van der Waals surface area contributed by atoms with Crippen molar-refractivity contribution in [1.29, 1.82) is 0 Å². The van der Waals surface area contributed by atoms with Crippen molar-refractivity contribution in [3.8, 4) is 0 Å². The van der Waals surface area contributed by atoms with Gasteiger partial charge in [-0.2, -0.15) is 0 Å². The number of allylic oxidation sites excluding steroid dienone is 1. The number of amides is 1. The van der Waals surface area contributed by atoms with E-state index in [0.717, 1.165) is 12.8 Å². The molecular formula is C13H20ClNO3. The first-order valence-corrected chi connectivity index (χ1v) is 6.39. The number of hydrogen-bond donors (Lipinski definition) is 2. The molecular weight excluding hydrogens is 254 g/mol. The molecule has 5 heteroatoms. The first kappa shape index (κ1) is 16.7. The Hall–Kier alpha value is -1.29. The van der Waals surface area contributed by atoms with Crippen molar-refractivity contribution in [1.82, 2.24) is 5.32 Å². The van der Waals surface area contributed by atoms with E-state index in [2.05, 4.69) is 11.9 Å². The zero-order chi connectivity index (χ0) is 14.1. The van der Waals surface area contributed by atoms with Crippen molar-refractivity contribution >= 4 is 23.5 Å². The number of carboxylic acids is 1. The Morgan fingerprint density at radius 2 is 2.06 bits per heavy atom. The van der Waals surface area contributed by atoms with Gasteiger partial charge in [0.05, 0.1) is 5.92 Å². The number of unbranched alkanes of at least 4 members (excludes halogenated alkanes) is 2. The Morgan fingerprint density at radius 3 is 2.50 bits per heavy atom. The summed E-state index contributed by atoms with van der Waals surface area (Å²) in [6.07, 6.45) is 3.71. The average molecular weight is 274 g/mol. The quantitative estimate of drug-likeness (QED) is 0.309. The van der Waals surface area contributed by atoms with Gasteiger partial charge >= 0.3 is 5.97 Å². The highest BCUT2D eigenvalue weighted by Gasteiger charge is 2.17. The van der Waals surface area contributed by atoms with Gasteiger partial charge in [0.25, 0.3) is 0 Å². The molecule has 0 heterocycles. The molecule has 1 atom stereocenters. The standard InChI is InChI=1S/C13H20ClNO3/c1-9(2)10(3)12(16)15-11(13(17)18)7-5-4-6-8-14/h7,10H,1,4-6,8H2,2-3H3,(H,15,16)(H,17,18)/b11-7+. The molecule has 0 aliphatic heterocycles. The molecule has 0 spiro atoms. The van der Waals surface area contributed by atoms with Crippen molar-refractivity contribution in [3.05, 3.63) is 23.9 Å². The Kier molecular flexibility index (Phi) is 8.12. The van der Waals surface area contributed by atoms with Crippen LogP contribution in [0.15, 0.2) is 23.9 Å². The first-order valence-electron chi connectivity index (χ1n) is 5.85. The maximum absolute atomic E-state index is 11.7. The molecule has 4 nitrogen and oxygen atoms in total. The molecule has 0 aliphatic rings. The van der Waals surface area contributed by atoms with Crippen molar-refractivity contribution in [2.45, 2.75) is 33.1 Å². The molecule has 1 unspecified atom stereocenters. The minimum absolute atomic E-state index is 0.0809. The number of carbonyl (C=O) groups excluding carboxylic acids is 1. The van der Waals surface area contributed by atoms with Crippen molar-refractivity contribution < 1.29 is 14.7 Å². The Bertz CT molecular complexity index is 350. The fraction of sp³-hybridized carbons (Fsp3) is 0.538. The Labute approximate surface area is 113 Å². The molecule has 0 aliphatic carbocycles. The molecule has 2 N–H and O–H groups in total. The Morgan fingerprint density at radius 1 is 1.44 bits per heavy atom. The second-order valence-corrected chi connectivity index (χ2v) is 4.54. The molecule has 0 aromatic rings. The molecule has 1 amide bonds. The summed E-state index contributed by atoms with van der Waals surface area (Å²) in [5.41, 5.74) is 0.613. The molecule has 0 aromatic carbocycles. The van der Waals surface area contributed by atoms with Crippen LogP contribution < -0.4 is 5.32 Å². The lowest BCUT2D eigenvalue weighted by molar-refractivity contribution is -0.135. The van der Waals surface area contributed by atoms with Gasteiger partial charge in [-0.1, -0.05) is 18.2 Å². The molecule has 0 fully saturated rings. The van der Waals surface area contributed by atoms with Crippen LogP contribution in [0, 0.1) is 5.92 Å². The molecule has 18 heavy (non-hydrogen) atoms. The largest absolute Gasteiger partial charge is 0.477 e. The number of carbonyl (C=O) groups is 2. The highest BCUT2D eigenvalue weighted by molar-refractivity contribution is 6.17. The van der Waals surface area contributed by atoms with Gasteiger partial charge in [-0.25, -0.2) is 4.79 Å². The van der Waals surface area contributed by atoms with Crippen LogP contribution in [0.4, 0.5) is 0 Å². The zero-order valence-corrected chi connectivity index (χ0v) is 11.6. The van der Waals surface area contributed by atoms with Crippen LogP contribution in [0.1, 0.15) is 33.1 Å². The number of aliphatic carboxylic acids is 1. The number of alkyl halides is 1. The van der Waals surface area contributed by atoms with E-state index in [-0.39, 0.29) is 11.6 Å². The molecule has 102 valence electrons. The van der Waals surface area contributed by atoms with Gasteiger partial charge in [0.2, 0.25) is 5.91 Å². The monoisotopic (exact) mass is 273 g/mol. The fourth-order valence-electron chi connectivity index (χ4n) is 1.14. The van der Waals surface area contributed by atoms with E-state index >= 15 is 0 Å². The summed E-state index contributed by atoms with van der Waals surface area (Å²) in [5, 5.41) is 11.4. The van der Waals surface area contributed by atoms with Crippen LogP contribution in [0.2, 0.25) is 0 Å². The molecule has 0 aromatic heterocycles.